The molecule has 0 saturated heterocycles. The predicted octanol–water partition coefficient (Wildman–Crippen LogP) is 5.45. The minimum Gasteiger partial charge on any atom is -0.456 e. The van der Waals surface area contributed by atoms with E-state index in [4.69, 9.17) is 22.1 Å². The van der Waals surface area contributed by atoms with Crippen molar-refractivity contribution in [2.24, 2.45) is 5.73 Å². The van der Waals surface area contributed by atoms with Gasteiger partial charge in [0.1, 0.15) is 11.5 Å². The summed E-state index contributed by atoms with van der Waals surface area (Å²) in [5, 5.41) is 0.575. The smallest absolute Gasteiger partial charge is 0.146 e. The quantitative estimate of drug-likeness (QED) is 0.818. The number of hydrogen-bond acceptors (Lipinski definition) is 2. The van der Waals surface area contributed by atoms with E-state index in [1.807, 2.05) is 37.3 Å². The van der Waals surface area contributed by atoms with Gasteiger partial charge in [-0.3, -0.25) is 0 Å². The monoisotopic (exact) mass is 303 g/mol. The summed E-state index contributed by atoms with van der Waals surface area (Å²) in [5.41, 5.74) is 8.16. The van der Waals surface area contributed by atoms with Gasteiger partial charge < -0.3 is 10.5 Å². The second-order valence-electron chi connectivity index (χ2n) is 6.36. The van der Waals surface area contributed by atoms with Gasteiger partial charge in [-0.25, -0.2) is 0 Å². The number of ether oxygens (including phenoxy) is 1. The molecule has 0 heterocycles. The van der Waals surface area contributed by atoms with E-state index in [-0.39, 0.29) is 11.5 Å². The molecule has 0 aliphatic heterocycles. The number of halogens is 1. The van der Waals surface area contributed by atoms with Crippen LogP contribution in [0.2, 0.25) is 5.02 Å². The molecule has 2 aromatic rings. The lowest BCUT2D eigenvalue weighted by molar-refractivity contribution is 0.478. The van der Waals surface area contributed by atoms with E-state index < -0.39 is 0 Å². The third-order valence-electron chi connectivity index (χ3n) is 3.41. The van der Waals surface area contributed by atoms with Crippen LogP contribution in [0.3, 0.4) is 0 Å². The normalized spacial score (nSPS) is 13.0. The van der Waals surface area contributed by atoms with Crippen molar-refractivity contribution in [3.05, 3.63) is 58.6 Å². The van der Waals surface area contributed by atoms with Crippen molar-refractivity contribution >= 4 is 11.6 Å². The highest BCUT2D eigenvalue weighted by Gasteiger charge is 2.14. The fraction of sp³-hybridized carbons (Fsp3) is 0.333. The molecule has 0 fully saturated rings. The molecule has 0 bridgehead atoms. The second kappa shape index (κ2) is 6.08. The Morgan fingerprint density at radius 3 is 2.38 bits per heavy atom. The molecule has 0 aliphatic rings. The van der Waals surface area contributed by atoms with E-state index in [0.29, 0.717) is 10.8 Å². The standard InChI is InChI=1S/C18H22ClNO/c1-12(20)13-8-9-17(16(19)10-13)21-15-7-5-6-14(11-15)18(2,3)4/h5-12H,20H2,1-4H3/t12-/m1/s1. The number of rotatable bonds is 3. The first-order chi connectivity index (χ1) is 9.77. The minimum absolute atomic E-state index is 0.0410. The average Bonchev–Trinajstić information content (AvgIpc) is 2.40. The van der Waals surface area contributed by atoms with Crippen molar-refractivity contribution in [3.8, 4) is 11.5 Å². The van der Waals surface area contributed by atoms with Gasteiger partial charge in [-0.15, -0.1) is 0 Å². The van der Waals surface area contributed by atoms with Crippen LogP contribution in [0.1, 0.15) is 44.9 Å². The fourth-order valence-corrected chi connectivity index (χ4v) is 2.26. The topological polar surface area (TPSA) is 35.2 Å². The fourth-order valence-electron chi connectivity index (χ4n) is 2.04. The zero-order valence-electron chi connectivity index (χ0n) is 13.0. The maximum absolute atomic E-state index is 6.27. The van der Waals surface area contributed by atoms with Gasteiger partial charge in [-0.05, 0) is 47.7 Å². The van der Waals surface area contributed by atoms with Gasteiger partial charge in [0.25, 0.3) is 0 Å². The summed E-state index contributed by atoms with van der Waals surface area (Å²) < 4.78 is 5.91. The Morgan fingerprint density at radius 2 is 1.81 bits per heavy atom. The molecule has 0 spiro atoms. The van der Waals surface area contributed by atoms with Crippen LogP contribution in [-0.2, 0) is 5.41 Å². The van der Waals surface area contributed by atoms with Crippen LogP contribution >= 0.6 is 11.6 Å². The summed E-state index contributed by atoms with van der Waals surface area (Å²) in [6.07, 6.45) is 0. The van der Waals surface area contributed by atoms with Gasteiger partial charge in [0.15, 0.2) is 0 Å². The average molecular weight is 304 g/mol. The summed E-state index contributed by atoms with van der Waals surface area (Å²) in [6, 6.07) is 13.7. The van der Waals surface area contributed by atoms with Gasteiger partial charge in [-0.2, -0.15) is 0 Å². The molecule has 0 unspecified atom stereocenters. The van der Waals surface area contributed by atoms with Crippen molar-refractivity contribution in [3.63, 3.8) is 0 Å². The first kappa shape index (κ1) is 15.9. The Hall–Kier alpha value is -1.51. The highest BCUT2D eigenvalue weighted by molar-refractivity contribution is 6.32. The molecule has 0 aromatic heterocycles. The SMILES string of the molecule is C[C@@H](N)c1ccc(Oc2cccc(C(C)(C)C)c2)c(Cl)c1. The molecule has 112 valence electrons. The lowest BCUT2D eigenvalue weighted by atomic mass is 9.87. The molecular formula is C18H22ClNO. The first-order valence-electron chi connectivity index (χ1n) is 7.11. The van der Waals surface area contributed by atoms with E-state index in [2.05, 4.69) is 32.9 Å². The molecule has 21 heavy (non-hydrogen) atoms. The minimum atomic E-state index is -0.0410. The molecule has 2 nitrogen and oxygen atoms in total. The van der Waals surface area contributed by atoms with E-state index in [1.165, 1.54) is 5.56 Å². The third kappa shape index (κ3) is 3.99. The number of nitrogens with two attached hydrogens (primary N) is 1. The summed E-state index contributed by atoms with van der Waals surface area (Å²) in [5.74, 6) is 1.44. The molecule has 1 atom stereocenters. The van der Waals surface area contributed by atoms with E-state index >= 15 is 0 Å². The molecule has 0 aliphatic carbocycles. The van der Waals surface area contributed by atoms with Crippen LogP contribution in [0.15, 0.2) is 42.5 Å². The zero-order chi connectivity index (χ0) is 15.6. The zero-order valence-corrected chi connectivity index (χ0v) is 13.7. The predicted molar refractivity (Wildman–Crippen MR) is 89.3 cm³/mol. The molecule has 2 N–H and O–H groups in total. The third-order valence-corrected chi connectivity index (χ3v) is 3.70. The van der Waals surface area contributed by atoms with Gasteiger partial charge in [-0.1, -0.05) is 50.6 Å². The number of hydrogen-bond donors (Lipinski definition) is 1. The molecule has 2 aromatic carbocycles. The van der Waals surface area contributed by atoms with Gasteiger partial charge >= 0.3 is 0 Å². The van der Waals surface area contributed by atoms with Crippen LogP contribution in [-0.4, -0.2) is 0 Å². The highest BCUT2D eigenvalue weighted by Crippen LogP contribution is 2.33. The Bertz CT molecular complexity index is 629. The maximum atomic E-state index is 6.27. The summed E-state index contributed by atoms with van der Waals surface area (Å²) in [7, 11) is 0. The van der Waals surface area contributed by atoms with Gasteiger partial charge in [0.05, 0.1) is 5.02 Å². The van der Waals surface area contributed by atoms with Crippen LogP contribution in [0.4, 0.5) is 0 Å². The van der Waals surface area contributed by atoms with Gasteiger partial charge in [0.2, 0.25) is 0 Å². The van der Waals surface area contributed by atoms with Crippen LogP contribution in [0.25, 0.3) is 0 Å². The molecule has 0 radical (unpaired) electrons. The van der Waals surface area contributed by atoms with Crippen molar-refractivity contribution in [1.29, 1.82) is 0 Å². The first-order valence-corrected chi connectivity index (χ1v) is 7.48. The molecular weight excluding hydrogens is 282 g/mol. The lowest BCUT2D eigenvalue weighted by Crippen LogP contribution is -2.10. The highest BCUT2D eigenvalue weighted by atomic mass is 35.5. The summed E-state index contributed by atoms with van der Waals surface area (Å²) in [4.78, 5) is 0. The largest absolute Gasteiger partial charge is 0.456 e. The van der Waals surface area contributed by atoms with Crippen molar-refractivity contribution in [2.75, 3.05) is 0 Å². The molecule has 0 amide bonds. The van der Waals surface area contributed by atoms with E-state index in [9.17, 15) is 0 Å². The van der Waals surface area contributed by atoms with Crippen LogP contribution in [0, 0.1) is 0 Å². The van der Waals surface area contributed by atoms with E-state index in [0.717, 1.165) is 11.3 Å². The lowest BCUT2D eigenvalue weighted by Gasteiger charge is -2.20. The molecule has 3 heteroatoms. The Morgan fingerprint density at radius 1 is 1.10 bits per heavy atom. The van der Waals surface area contributed by atoms with Gasteiger partial charge in [0, 0.05) is 6.04 Å². The summed E-state index contributed by atoms with van der Waals surface area (Å²) >= 11 is 6.27. The molecule has 2 rings (SSSR count). The summed E-state index contributed by atoms with van der Waals surface area (Å²) in [6.45, 7) is 8.46. The van der Waals surface area contributed by atoms with Crippen molar-refractivity contribution in [1.82, 2.24) is 0 Å². The number of benzene rings is 2. The Labute approximate surface area is 131 Å². The van der Waals surface area contributed by atoms with Crippen LogP contribution < -0.4 is 10.5 Å². The van der Waals surface area contributed by atoms with Crippen LogP contribution in [0.5, 0.6) is 11.5 Å². The Kier molecular flexibility index (Phi) is 4.60. The molecule has 0 saturated carbocycles. The van der Waals surface area contributed by atoms with Crippen molar-refractivity contribution < 1.29 is 4.74 Å². The second-order valence-corrected chi connectivity index (χ2v) is 6.77. The van der Waals surface area contributed by atoms with E-state index in [1.54, 1.807) is 0 Å². The van der Waals surface area contributed by atoms with Crippen molar-refractivity contribution in [2.45, 2.75) is 39.2 Å². The maximum Gasteiger partial charge on any atom is 0.146 e. The Balaban J connectivity index is 2.26.